The van der Waals surface area contributed by atoms with Crippen LogP contribution in [0, 0.1) is 0 Å². The van der Waals surface area contributed by atoms with E-state index >= 15 is 0 Å². The van der Waals surface area contributed by atoms with E-state index in [4.69, 9.17) is 9.15 Å². The lowest BCUT2D eigenvalue weighted by atomic mass is 10.1. The molecule has 1 atom stereocenters. The van der Waals surface area contributed by atoms with Crippen LogP contribution in [0.5, 0.6) is 0 Å². The summed E-state index contributed by atoms with van der Waals surface area (Å²) in [5, 5.41) is 3.88. The van der Waals surface area contributed by atoms with Crippen molar-refractivity contribution in [1.82, 2.24) is 5.43 Å². The molecular formula is C24H25N3O6S. The van der Waals surface area contributed by atoms with Gasteiger partial charge in [0.15, 0.2) is 0 Å². The maximum absolute atomic E-state index is 12.6. The first-order chi connectivity index (χ1) is 16.2. The zero-order valence-corrected chi connectivity index (χ0v) is 19.8. The summed E-state index contributed by atoms with van der Waals surface area (Å²) in [6, 6.07) is 17.5. The summed E-state index contributed by atoms with van der Waals surface area (Å²) in [5.74, 6) is -0.0795. The highest BCUT2D eigenvalue weighted by atomic mass is 32.2. The van der Waals surface area contributed by atoms with Gasteiger partial charge in [-0.25, -0.2) is 18.6 Å². The SMILES string of the molecule is CCOC(=O)c1ccc(-c2ccc(/C=N\NC(=O)[C@@H](C)N(c3ccccc3)S(C)(=O)=O)o2)cc1. The molecule has 178 valence electrons. The number of furan rings is 1. The monoisotopic (exact) mass is 483 g/mol. The fraction of sp³-hybridized carbons (Fsp3) is 0.208. The summed E-state index contributed by atoms with van der Waals surface area (Å²) in [6.07, 6.45) is 2.35. The number of ether oxygens (including phenoxy) is 1. The summed E-state index contributed by atoms with van der Waals surface area (Å²) in [5.41, 5.74) is 3.91. The Bertz CT molecular complexity index is 1270. The minimum atomic E-state index is -3.71. The number of carbonyl (C=O) groups is 2. The predicted molar refractivity (Wildman–Crippen MR) is 129 cm³/mol. The molecule has 3 rings (SSSR count). The smallest absolute Gasteiger partial charge is 0.338 e. The van der Waals surface area contributed by atoms with Crippen molar-refractivity contribution < 1.29 is 27.2 Å². The van der Waals surface area contributed by atoms with E-state index in [-0.39, 0.29) is 0 Å². The van der Waals surface area contributed by atoms with E-state index in [2.05, 4.69) is 10.5 Å². The number of anilines is 1. The summed E-state index contributed by atoms with van der Waals surface area (Å²) < 4.78 is 36.2. The van der Waals surface area contributed by atoms with E-state index in [0.717, 1.165) is 16.1 Å². The number of para-hydroxylation sites is 1. The first kappa shape index (κ1) is 24.7. The van der Waals surface area contributed by atoms with E-state index in [0.29, 0.717) is 29.4 Å². The Morgan fingerprint density at radius 1 is 1.09 bits per heavy atom. The molecule has 0 saturated heterocycles. The molecule has 34 heavy (non-hydrogen) atoms. The van der Waals surface area contributed by atoms with Crippen molar-refractivity contribution in [2.45, 2.75) is 19.9 Å². The van der Waals surface area contributed by atoms with Gasteiger partial charge >= 0.3 is 5.97 Å². The quantitative estimate of drug-likeness (QED) is 0.283. The number of nitrogens with zero attached hydrogens (tertiary/aromatic N) is 2. The Kier molecular flexibility index (Phi) is 7.85. The Morgan fingerprint density at radius 3 is 2.38 bits per heavy atom. The van der Waals surface area contributed by atoms with E-state index in [9.17, 15) is 18.0 Å². The molecule has 0 fully saturated rings. The van der Waals surface area contributed by atoms with E-state index in [1.165, 1.54) is 13.1 Å². The number of hydrazone groups is 1. The Morgan fingerprint density at radius 2 is 1.76 bits per heavy atom. The van der Waals surface area contributed by atoms with Crippen molar-refractivity contribution in [3.63, 3.8) is 0 Å². The van der Waals surface area contributed by atoms with Gasteiger partial charge in [-0.15, -0.1) is 0 Å². The van der Waals surface area contributed by atoms with Gasteiger partial charge in [0.2, 0.25) is 10.0 Å². The molecule has 1 amide bonds. The summed E-state index contributed by atoms with van der Waals surface area (Å²) in [6.45, 7) is 3.52. The third-order valence-electron chi connectivity index (χ3n) is 4.77. The van der Waals surface area contributed by atoms with Crippen LogP contribution in [0.4, 0.5) is 5.69 Å². The van der Waals surface area contributed by atoms with E-state index in [1.54, 1.807) is 73.7 Å². The van der Waals surface area contributed by atoms with E-state index < -0.39 is 27.9 Å². The average Bonchev–Trinajstić information content (AvgIpc) is 3.28. The number of nitrogens with one attached hydrogen (secondary N) is 1. The van der Waals surface area contributed by atoms with Crippen LogP contribution < -0.4 is 9.73 Å². The summed E-state index contributed by atoms with van der Waals surface area (Å²) in [4.78, 5) is 24.3. The molecule has 9 nitrogen and oxygen atoms in total. The van der Waals surface area contributed by atoms with Crippen LogP contribution in [-0.4, -0.2) is 45.4 Å². The number of carbonyl (C=O) groups excluding carboxylic acids is 2. The van der Waals surface area contributed by atoms with Gasteiger partial charge in [-0.3, -0.25) is 9.10 Å². The van der Waals surface area contributed by atoms with Gasteiger partial charge in [0, 0.05) is 5.56 Å². The van der Waals surface area contributed by atoms with Crippen LogP contribution in [0.15, 0.2) is 76.2 Å². The van der Waals surface area contributed by atoms with E-state index in [1.807, 2.05) is 0 Å². The first-order valence-electron chi connectivity index (χ1n) is 10.5. The molecule has 0 aliphatic rings. The summed E-state index contributed by atoms with van der Waals surface area (Å²) >= 11 is 0. The Hall–Kier alpha value is -3.92. The molecule has 0 spiro atoms. The van der Waals surface area contributed by atoms with Crippen LogP contribution in [0.3, 0.4) is 0 Å². The zero-order valence-electron chi connectivity index (χ0n) is 19.0. The summed E-state index contributed by atoms with van der Waals surface area (Å²) in [7, 11) is -3.71. The molecule has 10 heteroatoms. The van der Waals surface area contributed by atoms with Crippen molar-refractivity contribution in [3.8, 4) is 11.3 Å². The normalized spacial score (nSPS) is 12.3. The third-order valence-corrected chi connectivity index (χ3v) is 6.01. The number of esters is 1. The number of amides is 1. The van der Waals surface area contributed by atoms with Crippen molar-refractivity contribution in [1.29, 1.82) is 0 Å². The molecule has 1 aromatic heterocycles. The number of sulfonamides is 1. The lowest BCUT2D eigenvalue weighted by Crippen LogP contribution is -2.46. The van der Waals surface area contributed by atoms with Gasteiger partial charge in [-0.2, -0.15) is 5.10 Å². The molecule has 1 heterocycles. The molecule has 0 saturated carbocycles. The standard InChI is InChI=1S/C24H25N3O6S/c1-4-32-24(29)19-12-10-18(11-13-19)22-15-14-21(33-22)16-25-26-23(28)17(2)27(34(3,30)31)20-8-6-5-7-9-20/h5-17H,4H2,1-3H3,(H,26,28)/b25-16-/t17-/m1/s1. The number of rotatable bonds is 9. The van der Waals surface area contributed by atoms with Crippen molar-refractivity contribution in [2.24, 2.45) is 5.10 Å². The lowest BCUT2D eigenvalue weighted by molar-refractivity contribution is -0.121. The first-order valence-corrected chi connectivity index (χ1v) is 12.3. The zero-order chi connectivity index (χ0) is 24.7. The van der Waals surface area contributed by atoms with Gasteiger partial charge in [0.25, 0.3) is 5.91 Å². The molecule has 2 aromatic carbocycles. The highest BCUT2D eigenvalue weighted by Gasteiger charge is 2.28. The molecule has 0 bridgehead atoms. The molecular weight excluding hydrogens is 458 g/mol. The molecule has 3 aromatic rings. The number of hydrogen-bond donors (Lipinski definition) is 1. The maximum Gasteiger partial charge on any atom is 0.338 e. The van der Waals surface area contributed by atoms with Crippen molar-refractivity contribution in [3.05, 3.63) is 78.1 Å². The Labute approximate surface area is 198 Å². The molecule has 0 radical (unpaired) electrons. The van der Waals surface area contributed by atoms with Crippen LogP contribution >= 0.6 is 0 Å². The topological polar surface area (TPSA) is 118 Å². The fourth-order valence-electron chi connectivity index (χ4n) is 3.20. The average molecular weight is 484 g/mol. The fourth-order valence-corrected chi connectivity index (χ4v) is 4.37. The van der Waals surface area contributed by atoms with Gasteiger partial charge in [0.1, 0.15) is 17.6 Å². The van der Waals surface area contributed by atoms with Gasteiger partial charge in [-0.05, 0) is 50.2 Å². The maximum atomic E-state index is 12.6. The van der Waals surface area contributed by atoms with Crippen molar-refractivity contribution >= 4 is 33.8 Å². The molecule has 1 N–H and O–H groups in total. The third kappa shape index (κ3) is 6.10. The van der Waals surface area contributed by atoms with Crippen LogP contribution in [-0.2, 0) is 19.6 Å². The van der Waals surface area contributed by atoms with Crippen LogP contribution in [0.1, 0.15) is 30.0 Å². The second kappa shape index (κ2) is 10.8. The number of hydrogen-bond acceptors (Lipinski definition) is 7. The van der Waals surface area contributed by atoms with Crippen LogP contribution in [0.2, 0.25) is 0 Å². The predicted octanol–water partition coefficient (Wildman–Crippen LogP) is 3.43. The highest BCUT2D eigenvalue weighted by molar-refractivity contribution is 7.92. The minimum absolute atomic E-state index is 0.301. The molecule has 0 aliphatic heterocycles. The van der Waals surface area contributed by atoms with Gasteiger partial charge in [-0.1, -0.05) is 30.3 Å². The number of benzene rings is 2. The van der Waals surface area contributed by atoms with Gasteiger partial charge in [0.05, 0.1) is 30.3 Å². The van der Waals surface area contributed by atoms with Crippen molar-refractivity contribution in [2.75, 3.05) is 17.2 Å². The lowest BCUT2D eigenvalue weighted by Gasteiger charge is -2.27. The molecule has 0 aliphatic carbocycles. The minimum Gasteiger partial charge on any atom is -0.462 e. The second-order valence-corrected chi connectivity index (χ2v) is 9.16. The van der Waals surface area contributed by atoms with Crippen LogP contribution in [0.25, 0.3) is 11.3 Å². The van der Waals surface area contributed by atoms with Gasteiger partial charge < -0.3 is 9.15 Å². The second-order valence-electron chi connectivity index (χ2n) is 7.30. The Balaban J connectivity index is 1.65. The highest BCUT2D eigenvalue weighted by Crippen LogP contribution is 2.23. The largest absolute Gasteiger partial charge is 0.462 e. The molecule has 0 unspecified atom stereocenters.